The molecule has 0 amide bonds. The maximum absolute atomic E-state index is 6.45. The van der Waals surface area contributed by atoms with Gasteiger partial charge in [0.2, 0.25) is 0 Å². The van der Waals surface area contributed by atoms with E-state index in [1.165, 1.54) is 42.9 Å². The number of rotatable bonds is 9. The van der Waals surface area contributed by atoms with Crippen LogP contribution in [0.5, 0.6) is 0 Å². The predicted octanol–water partition coefficient (Wildman–Crippen LogP) is 1.80. The molecule has 1 heterocycles. The summed E-state index contributed by atoms with van der Waals surface area (Å²) in [5.41, 5.74) is 1.32. The van der Waals surface area contributed by atoms with E-state index in [9.17, 15) is 0 Å². The van der Waals surface area contributed by atoms with E-state index in [0.717, 1.165) is 30.4 Å². The molecule has 3 N–H and O–H groups in total. The summed E-state index contributed by atoms with van der Waals surface area (Å²) in [7, 11) is 4.44. The Morgan fingerprint density at radius 2 is 2.04 bits per heavy atom. The Bertz CT molecular complexity index is 518. The van der Waals surface area contributed by atoms with Gasteiger partial charge < -0.3 is 15.0 Å². The molecule has 1 aromatic carbocycles. The zero-order valence-corrected chi connectivity index (χ0v) is 17.2. The minimum atomic E-state index is 0.0135. The number of nitrogens with one attached hydrogen (secondary N) is 1. The lowest BCUT2D eigenvalue weighted by Gasteiger charge is -2.39. The Hall–Kier alpha value is -0.610. The van der Waals surface area contributed by atoms with Crippen molar-refractivity contribution in [2.75, 3.05) is 40.3 Å². The van der Waals surface area contributed by atoms with Crippen molar-refractivity contribution in [3.05, 3.63) is 34.9 Å². The van der Waals surface area contributed by atoms with Gasteiger partial charge >= 0.3 is 0 Å². The molecule has 1 aliphatic heterocycles. The fourth-order valence-electron chi connectivity index (χ4n) is 4.00. The fourth-order valence-corrected chi connectivity index (χ4v) is 4.21. The van der Waals surface area contributed by atoms with E-state index in [2.05, 4.69) is 45.4 Å². The molecule has 1 saturated heterocycles. The Morgan fingerprint density at radius 1 is 1.28 bits per heavy atom. The van der Waals surface area contributed by atoms with Gasteiger partial charge in [0.1, 0.15) is 13.1 Å². The summed E-state index contributed by atoms with van der Waals surface area (Å²) in [6, 6.07) is 8.35. The van der Waals surface area contributed by atoms with Crippen LogP contribution in [0.1, 0.15) is 38.7 Å². The van der Waals surface area contributed by atoms with Crippen LogP contribution in [-0.2, 0) is 11.2 Å². The van der Waals surface area contributed by atoms with Crippen LogP contribution in [0.3, 0.4) is 0 Å². The second-order valence-corrected chi connectivity index (χ2v) is 8.94. The normalized spacial score (nSPS) is 21.4. The van der Waals surface area contributed by atoms with E-state index in [0.29, 0.717) is 5.92 Å². The third-order valence-electron chi connectivity index (χ3n) is 5.43. The third kappa shape index (κ3) is 7.26. The van der Waals surface area contributed by atoms with E-state index in [1.807, 2.05) is 12.1 Å². The number of quaternary nitrogens is 2. The first-order chi connectivity index (χ1) is 11.9. The lowest BCUT2D eigenvalue weighted by Crippen LogP contribution is -3.09. The van der Waals surface area contributed by atoms with Crippen LogP contribution in [-0.4, -0.2) is 45.9 Å². The monoisotopic (exact) mass is 368 g/mol. The number of likely N-dealkylation sites (N-methyl/N-ethyl adjacent to an activating group) is 1. The van der Waals surface area contributed by atoms with Gasteiger partial charge in [-0.25, -0.2) is 0 Å². The van der Waals surface area contributed by atoms with E-state index in [1.54, 1.807) is 0 Å². The molecule has 0 unspecified atom stereocenters. The number of benzene rings is 1. The molecule has 2 rings (SSSR count). The highest BCUT2D eigenvalue weighted by Gasteiger charge is 2.33. The quantitative estimate of drug-likeness (QED) is 0.640. The molecule has 0 radical (unpaired) electrons. The van der Waals surface area contributed by atoms with Gasteiger partial charge in [0, 0.05) is 11.6 Å². The van der Waals surface area contributed by atoms with Gasteiger partial charge in [0.25, 0.3) is 0 Å². The molecule has 2 atom stereocenters. The minimum absolute atomic E-state index is 0.0135. The molecule has 0 bridgehead atoms. The molecule has 0 aromatic heterocycles. The van der Waals surface area contributed by atoms with Gasteiger partial charge in [-0.05, 0) is 63.0 Å². The van der Waals surface area contributed by atoms with Crippen LogP contribution in [0.25, 0.3) is 0 Å². The summed E-state index contributed by atoms with van der Waals surface area (Å²) in [5.74, 6) is 1.42. The number of nitrogens with two attached hydrogens (primary N) is 1. The fraction of sp³-hybridized carbons (Fsp3) is 0.714. The molecule has 3 nitrogen and oxygen atoms in total. The molecule has 142 valence electrons. The molecule has 1 aliphatic rings. The van der Waals surface area contributed by atoms with Gasteiger partial charge in [0.05, 0.1) is 26.2 Å². The standard InChI is InChI=1S/C21H35ClN2O/c1-21(2)16-19(10-14-25-21)17(9-11-23-12-13-24(3)4)15-18-7-5-6-8-20(18)22/h5-8,17,19,23H,9-16H2,1-4H3/p+2/t17-,19+/m1/s1. The minimum Gasteiger partial charge on any atom is -0.376 e. The summed E-state index contributed by atoms with van der Waals surface area (Å²) in [6.07, 6.45) is 4.69. The maximum atomic E-state index is 6.45. The van der Waals surface area contributed by atoms with Gasteiger partial charge in [-0.2, -0.15) is 0 Å². The van der Waals surface area contributed by atoms with Gasteiger partial charge in [-0.1, -0.05) is 29.8 Å². The molecule has 0 saturated carbocycles. The van der Waals surface area contributed by atoms with Crippen LogP contribution < -0.4 is 10.2 Å². The molecule has 1 aromatic rings. The molecule has 4 heteroatoms. The second-order valence-electron chi connectivity index (χ2n) is 8.53. The van der Waals surface area contributed by atoms with Crippen LogP contribution in [0.4, 0.5) is 0 Å². The number of halogens is 1. The van der Waals surface area contributed by atoms with Crippen molar-refractivity contribution in [1.29, 1.82) is 0 Å². The second kappa shape index (κ2) is 9.91. The van der Waals surface area contributed by atoms with Gasteiger partial charge in [-0.3, -0.25) is 0 Å². The van der Waals surface area contributed by atoms with Crippen molar-refractivity contribution in [3.8, 4) is 0 Å². The summed E-state index contributed by atoms with van der Waals surface area (Å²) in [5, 5.41) is 3.40. The average Bonchev–Trinajstić information content (AvgIpc) is 2.54. The number of hydrogen-bond donors (Lipinski definition) is 2. The Morgan fingerprint density at radius 3 is 2.72 bits per heavy atom. The first kappa shape index (κ1) is 20.7. The lowest BCUT2D eigenvalue weighted by molar-refractivity contribution is -0.874. The van der Waals surface area contributed by atoms with E-state index in [4.69, 9.17) is 16.3 Å². The largest absolute Gasteiger partial charge is 0.376 e. The van der Waals surface area contributed by atoms with E-state index in [-0.39, 0.29) is 5.60 Å². The highest BCUT2D eigenvalue weighted by Crippen LogP contribution is 2.36. The highest BCUT2D eigenvalue weighted by molar-refractivity contribution is 6.31. The molecular formula is C21H37ClN2O+2. The summed E-state index contributed by atoms with van der Waals surface area (Å²) >= 11 is 6.45. The molecule has 1 fully saturated rings. The predicted molar refractivity (Wildman–Crippen MR) is 105 cm³/mol. The topological polar surface area (TPSA) is 30.3 Å². The first-order valence-electron chi connectivity index (χ1n) is 9.85. The molecule has 25 heavy (non-hydrogen) atoms. The molecule has 0 aliphatic carbocycles. The SMILES string of the molecule is C[NH+](C)CC[NH2+]CC[C@H](Cc1ccccc1Cl)[C@H]1CCOC(C)(C)C1. The van der Waals surface area contributed by atoms with Crippen LogP contribution >= 0.6 is 11.6 Å². The molecule has 0 spiro atoms. The lowest BCUT2D eigenvalue weighted by atomic mass is 9.75. The van der Waals surface area contributed by atoms with Gasteiger partial charge in [-0.15, -0.1) is 0 Å². The average molecular weight is 369 g/mol. The molecular weight excluding hydrogens is 332 g/mol. The zero-order chi connectivity index (χ0) is 18.3. The van der Waals surface area contributed by atoms with Crippen LogP contribution in [0.15, 0.2) is 24.3 Å². The van der Waals surface area contributed by atoms with E-state index < -0.39 is 0 Å². The zero-order valence-electron chi connectivity index (χ0n) is 16.5. The maximum Gasteiger partial charge on any atom is 0.126 e. The van der Waals surface area contributed by atoms with Crippen LogP contribution in [0.2, 0.25) is 5.02 Å². The third-order valence-corrected chi connectivity index (χ3v) is 5.80. The summed E-state index contributed by atoms with van der Waals surface area (Å²) in [4.78, 5) is 1.52. The summed E-state index contributed by atoms with van der Waals surface area (Å²) in [6.45, 7) is 9.00. The summed E-state index contributed by atoms with van der Waals surface area (Å²) < 4.78 is 5.95. The number of ether oxygens (including phenoxy) is 1. The highest BCUT2D eigenvalue weighted by atomic mass is 35.5. The van der Waals surface area contributed by atoms with Crippen molar-refractivity contribution in [2.45, 2.75) is 45.1 Å². The Labute approximate surface area is 159 Å². The van der Waals surface area contributed by atoms with Crippen molar-refractivity contribution < 1.29 is 15.0 Å². The van der Waals surface area contributed by atoms with Gasteiger partial charge in [0.15, 0.2) is 0 Å². The number of hydrogen-bond acceptors (Lipinski definition) is 1. The van der Waals surface area contributed by atoms with Crippen molar-refractivity contribution in [2.24, 2.45) is 11.8 Å². The Balaban J connectivity index is 1.97. The van der Waals surface area contributed by atoms with Crippen molar-refractivity contribution >= 4 is 11.6 Å². The van der Waals surface area contributed by atoms with Crippen LogP contribution in [0, 0.1) is 11.8 Å². The van der Waals surface area contributed by atoms with Crippen molar-refractivity contribution in [3.63, 3.8) is 0 Å². The first-order valence-corrected chi connectivity index (χ1v) is 10.2. The van der Waals surface area contributed by atoms with E-state index >= 15 is 0 Å². The Kier molecular flexibility index (Phi) is 8.21. The smallest absolute Gasteiger partial charge is 0.126 e. The van der Waals surface area contributed by atoms with Crippen molar-refractivity contribution in [1.82, 2.24) is 0 Å².